The number of hydrogen-bond donors (Lipinski definition) is 0. The second-order valence-electron chi connectivity index (χ2n) is 7.39. The summed E-state index contributed by atoms with van der Waals surface area (Å²) in [5.74, 6) is 0.956. The van der Waals surface area contributed by atoms with Gasteiger partial charge >= 0.3 is 0 Å². The molecule has 0 aliphatic carbocycles. The van der Waals surface area contributed by atoms with Gasteiger partial charge in [-0.1, -0.05) is 47.2 Å². The molecule has 5 nitrogen and oxygen atoms in total. The summed E-state index contributed by atoms with van der Waals surface area (Å²) >= 11 is 7.74. The molecule has 0 unspecified atom stereocenters. The number of hydrogen-bond acceptors (Lipinski definition) is 5. The number of thiazole rings is 1. The number of anilines is 1. The lowest BCUT2D eigenvalue weighted by molar-refractivity contribution is 0.0980. The SMILES string of the molecule is COc1cc2ccccc2cc1C(=O)N(Cc1ccco1)c1nc2c(C)c(Cl)ccc2s1. The van der Waals surface area contributed by atoms with E-state index in [9.17, 15) is 4.79 Å². The molecule has 0 saturated heterocycles. The maximum absolute atomic E-state index is 13.9. The summed E-state index contributed by atoms with van der Waals surface area (Å²) in [6.07, 6.45) is 1.59. The zero-order valence-corrected chi connectivity index (χ0v) is 19.0. The van der Waals surface area contributed by atoms with Gasteiger partial charge in [-0.3, -0.25) is 9.69 Å². The molecule has 0 N–H and O–H groups in total. The molecule has 5 rings (SSSR count). The number of amides is 1. The van der Waals surface area contributed by atoms with Crippen LogP contribution in [0.3, 0.4) is 0 Å². The Bertz CT molecular complexity index is 1440. The minimum atomic E-state index is -0.216. The second kappa shape index (κ2) is 8.30. The maximum Gasteiger partial charge on any atom is 0.264 e. The van der Waals surface area contributed by atoms with Crippen molar-refractivity contribution in [2.75, 3.05) is 12.0 Å². The highest BCUT2D eigenvalue weighted by atomic mass is 35.5. The summed E-state index contributed by atoms with van der Waals surface area (Å²) < 4.78 is 12.1. The molecule has 0 spiro atoms. The van der Waals surface area contributed by atoms with Crippen LogP contribution in [0.2, 0.25) is 5.02 Å². The molecule has 0 saturated carbocycles. The Morgan fingerprint density at radius 1 is 1.12 bits per heavy atom. The molecule has 3 aromatic carbocycles. The van der Waals surface area contributed by atoms with Gasteiger partial charge in [0.15, 0.2) is 5.13 Å². The number of benzene rings is 3. The number of halogens is 1. The van der Waals surface area contributed by atoms with Gasteiger partial charge in [0.05, 0.1) is 35.7 Å². The lowest BCUT2D eigenvalue weighted by Crippen LogP contribution is -2.30. The molecule has 7 heteroatoms. The van der Waals surface area contributed by atoms with Crippen LogP contribution in [-0.2, 0) is 6.54 Å². The lowest BCUT2D eigenvalue weighted by atomic mass is 10.0. The Morgan fingerprint density at radius 3 is 2.62 bits per heavy atom. The second-order valence-corrected chi connectivity index (χ2v) is 8.80. The number of methoxy groups -OCH3 is 1. The molecule has 1 amide bonds. The fraction of sp³-hybridized carbons (Fsp3) is 0.120. The van der Waals surface area contributed by atoms with Gasteiger partial charge in [-0.2, -0.15) is 0 Å². The van der Waals surface area contributed by atoms with Gasteiger partial charge in [0.1, 0.15) is 11.5 Å². The van der Waals surface area contributed by atoms with E-state index in [0.717, 1.165) is 26.6 Å². The number of aryl methyl sites for hydroxylation is 1. The molecule has 0 atom stereocenters. The van der Waals surface area contributed by atoms with Crippen molar-refractivity contribution in [3.63, 3.8) is 0 Å². The Hall–Kier alpha value is -3.35. The monoisotopic (exact) mass is 462 g/mol. The van der Waals surface area contributed by atoms with Crippen LogP contribution in [0.5, 0.6) is 5.75 Å². The smallest absolute Gasteiger partial charge is 0.264 e. The molecule has 0 bridgehead atoms. The molecule has 0 aliphatic heterocycles. The van der Waals surface area contributed by atoms with Crippen molar-refractivity contribution in [1.29, 1.82) is 0 Å². The predicted molar refractivity (Wildman–Crippen MR) is 129 cm³/mol. The third-order valence-corrected chi connectivity index (χ3v) is 6.86. The van der Waals surface area contributed by atoms with Crippen LogP contribution in [0.15, 0.2) is 71.3 Å². The van der Waals surface area contributed by atoms with E-state index in [0.29, 0.717) is 27.2 Å². The van der Waals surface area contributed by atoms with E-state index in [1.807, 2.05) is 61.5 Å². The number of fused-ring (bicyclic) bond motifs is 2. The Balaban J connectivity index is 1.65. The van der Waals surface area contributed by atoms with Crippen LogP contribution < -0.4 is 9.64 Å². The van der Waals surface area contributed by atoms with Gasteiger partial charge in [-0.25, -0.2) is 4.98 Å². The number of nitrogens with zero attached hydrogens (tertiary/aromatic N) is 2. The minimum absolute atomic E-state index is 0.216. The average molecular weight is 463 g/mol. The fourth-order valence-corrected chi connectivity index (χ4v) is 4.87. The first-order valence-electron chi connectivity index (χ1n) is 10.0. The number of carbonyl (C=O) groups is 1. The average Bonchev–Trinajstić information content (AvgIpc) is 3.48. The summed E-state index contributed by atoms with van der Waals surface area (Å²) in [6, 6.07) is 19.1. The molecular weight excluding hydrogens is 444 g/mol. The minimum Gasteiger partial charge on any atom is -0.496 e. The van der Waals surface area contributed by atoms with Crippen molar-refractivity contribution in [2.24, 2.45) is 0 Å². The van der Waals surface area contributed by atoms with Gasteiger partial charge in [-0.05, 0) is 59.7 Å². The molecule has 0 fully saturated rings. The van der Waals surface area contributed by atoms with Crippen molar-refractivity contribution >= 4 is 55.0 Å². The topological polar surface area (TPSA) is 55.6 Å². The van der Waals surface area contributed by atoms with Crippen LogP contribution in [-0.4, -0.2) is 18.0 Å². The van der Waals surface area contributed by atoms with Crippen LogP contribution >= 0.6 is 22.9 Å². The Kier molecular flexibility index (Phi) is 5.33. The fourth-order valence-electron chi connectivity index (χ4n) is 3.69. The van der Waals surface area contributed by atoms with Crippen molar-refractivity contribution < 1.29 is 13.9 Å². The molecule has 2 aromatic heterocycles. The maximum atomic E-state index is 13.9. The molecular formula is C25H19ClN2O3S. The van der Waals surface area contributed by atoms with E-state index in [1.54, 1.807) is 24.3 Å². The van der Waals surface area contributed by atoms with E-state index in [4.69, 9.17) is 25.7 Å². The van der Waals surface area contributed by atoms with Gasteiger partial charge in [0, 0.05) is 5.02 Å². The molecule has 0 radical (unpaired) electrons. The van der Waals surface area contributed by atoms with E-state index in [-0.39, 0.29) is 12.5 Å². The van der Waals surface area contributed by atoms with Crippen LogP contribution in [0.25, 0.3) is 21.0 Å². The van der Waals surface area contributed by atoms with Crippen molar-refractivity contribution in [3.05, 3.63) is 88.8 Å². The molecule has 0 aliphatic rings. The zero-order valence-electron chi connectivity index (χ0n) is 17.5. The molecule has 5 aromatic rings. The highest BCUT2D eigenvalue weighted by Gasteiger charge is 2.26. The summed E-state index contributed by atoms with van der Waals surface area (Å²) in [6.45, 7) is 2.17. The summed E-state index contributed by atoms with van der Waals surface area (Å²) in [5.41, 5.74) is 2.15. The van der Waals surface area contributed by atoms with Crippen LogP contribution in [0.1, 0.15) is 21.7 Å². The van der Waals surface area contributed by atoms with E-state index in [2.05, 4.69) is 0 Å². The van der Waals surface area contributed by atoms with Crippen molar-refractivity contribution in [2.45, 2.75) is 13.5 Å². The Morgan fingerprint density at radius 2 is 1.91 bits per heavy atom. The van der Waals surface area contributed by atoms with Gasteiger partial charge in [0.25, 0.3) is 5.91 Å². The highest BCUT2D eigenvalue weighted by Crippen LogP contribution is 2.36. The van der Waals surface area contributed by atoms with Crippen molar-refractivity contribution in [3.8, 4) is 5.75 Å². The summed E-state index contributed by atoms with van der Waals surface area (Å²) in [4.78, 5) is 20.3. The van der Waals surface area contributed by atoms with Crippen molar-refractivity contribution in [1.82, 2.24) is 4.98 Å². The van der Waals surface area contributed by atoms with Gasteiger partial charge in [-0.15, -0.1) is 0 Å². The standard InChI is InChI=1S/C25H19ClN2O3S/c1-15-20(26)9-10-22-23(15)27-25(32-22)28(14-18-8-5-11-31-18)24(29)19-12-16-6-3-4-7-17(16)13-21(19)30-2/h3-13H,14H2,1-2H3. The molecule has 2 heterocycles. The lowest BCUT2D eigenvalue weighted by Gasteiger charge is -2.20. The van der Waals surface area contributed by atoms with E-state index >= 15 is 0 Å². The third kappa shape index (κ3) is 3.61. The first kappa shape index (κ1) is 20.5. The highest BCUT2D eigenvalue weighted by molar-refractivity contribution is 7.22. The number of furan rings is 1. The predicted octanol–water partition coefficient (Wildman–Crippen LogP) is 6.86. The van der Waals surface area contributed by atoms with Crippen LogP contribution in [0.4, 0.5) is 5.13 Å². The zero-order chi connectivity index (χ0) is 22.2. The van der Waals surface area contributed by atoms with E-state index < -0.39 is 0 Å². The van der Waals surface area contributed by atoms with Crippen LogP contribution in [0, 0.1) is 6.92 Å². The Labute approximate surface area is 193 Å². The van der Waals surface area contributed by atoms with Gasteiger partial charge < -0.3 is 9.15 Å². The molecule has 32 heavy (non-hydrogen) atoms. The number of ether oxygens (including phenoxy) is 1. The summed E-state index contributed by atoms with van der Waals surface area (Å²) in [7, 11) is 1.57. The quantitative estimate of drug-likeness (QED) is 0.286. The molecule has 160 valence electrons. The van der Waals surface area contributed by atoms with Gasteiger partial charge in [0.2, 0.25) is 0 Å². The summed E-state index contributed by atoms with van der Waals surface area (Å²) in [5, 5.41) is 3.18. The first-order chi connectivity index (χ1) is 15.5. The number of carbonyl (C=O) groups excluding carboxylic acids is 1. The first-order valence-corrected chi connectivity index (χ1v) is 11.2. The van der Waals surface area contributed by atoms with E-state index in [1.165, 1.54) is 11.3 Å². The number of rotatable bonds is 5. The normalized spacial score (nSPS) is 11.2. The third-order valence-electron chi connectivity index (χ3n) is 5.40. The number of aromatic nitrogens is 1. The largest absolute Gasteiger partial charge is 0.496 e.